The number of methoxy groups -OCH3 is 1. The lowest BCUT2D eigenvalue weighted by Crippen LogP contribution is -2.40. The number of aliphatic imine (C=N–C) groups is 1. The van der Waals surface area contributed by atoms with Gasteiger partial charge in [-0.2, -0.15) is 0 Å². The van der Waals surface area contributed by atoms with Crippen molar-refractivity contribution in [1.29, 1.82) is 0 Å². The molecule has 1 fully saturated rings. The fourth-order valence-electron chi connectivity index (χ4n) is 3.20. The molecule has 1 atom stereocenters. The number of ether oxygens (including phenoxy) is 2. The Bertz CT molecular complexity index is 540. The van der Waals surface area contributed by atoms with Crippen molar-refractivity contribution in [2.24, 2.45) is 10.9 Å². The molecule has 1 unspecified atom stereocenters. The maximum Gasteiger partial charge on any atom is 0.194 e. The molecule has 5 nitrogen and oxygen atoms in total. The lowest BCUT2D eigenvalue weighted by molar-refractivity contribution is 0.0536. The number of guanidine groups is 1. The van der Waals surface area contributed by atoms with Crippen molar-refractivity contribution in [3.63, 3.8) is 0 Å². The topological polar surface area (TPSA) is 46.1 Å². The molecule has 0 spiro atoms. The van der Waals surface area contributed by atoms with E-state index >= 15 is 0 Å². The molecule has 6 heteroatoms. The minimum atomic E-state index is 0. The van der Waals surface area contributed by atoms with Crippen LogP contribution in [0, 0.1) is 5.92 Å². The molecule has 0 radical (unpaired) electrons. The van der Waals surface area contributed by atoms with E-state index < -0.39 is 0 Å². The average molecular weight is 475 g/mol. The van der Waals surface area contributed by atoms with Crippen LogP contribution in [-0.4, -0.2) is 57.4 Å². The van der Waals surface area contributed by atoms with Gasteiger partial charge in [0.05, 0.1) is 26.4 Å². The Hall–Kier alpha value is -0.860. The minimum Gasteiger partial charge on any atom is -0.382 e. The number of hydrogen-bond acceptors (Lipinski definition) is 3. The van der Waals surface area contributed by atoms with Gasteiger partial charge in [-0.15, -0.1) is 24.0 Å². The van der Waals surface area contributed by atoms with Gasteiger partial charge in [-0.1, -0.05) is 31.2 Å². The molecular weight excluding hydrogens is 441 g/mol. The van der Waals surface area contributed by atoms with Crippen LogP contribution in [0.2, 0.25) is 0 Å². The van der Waals surface area contributed by atoms with Crippen LogP contribution in [0.15, 0.2) is 29.3 Å². The number of halogens is 1. The molecule has 148 valence electrons. The van der Waals surface area contributed by atoms with E-state index in [0.717, 1.165) is 51.6 Å². The summed E-state index contributed by atoms with van der Waals surface area (Å²) in [5.74, 6) is 1.59. The largest absolute Gasteiger partial charge is 0.382 e. The van der Waals surface area contributed by atoms with Gasteiger partial charge in [0.2, 0.25) is 0 Å². The quantitative estimate of drug-likeness (QED) is 0.258. The fourth-order valence-corrected chi connectivity index (χ4v) is 3.20. The number of hydrogen-bond donors (Lipinski definition) is 1. The molecule has 0 aliphatic carbocycles. The lowest BCUT2D eigenvalue weighted by Gasteiger charge is -2.22. The predicted octanol–water partition coefficient (Wildman–Crippen LogP) is 3.32. The van der Waals surface area contributed by atoms with E-state index in [1.54, 1.807) is 7.11 Å². The Morgan fingerprint density at radius 1 is 1.23 bits per heavy atom. The van der Waals surface area contributed by atoms with Crippen LogP contribution in [-0.2, 0) is 22.4 Å². The van der Waals surface area contributed by atoms with E-state index in [-0.39, 0.29) is 24.0 Å². The molecule has 0 aromatic heterocycles. The van der Waals surface area contributed by atoms with Gasteiger partial charge in [-0.25, -0.2) is 4.99 Å². The summed E-state index contributed by atoms with van der Waals surface area (Å²) in [7, 11) is 1.70. The van der Waals surface area contributed by atoms with E-state index in [2.05, 4.69) is 48.3 Å². The highest BCUT2D eigenvalue weighted by molar-refractivity contribution is 14.0. The molecule has 1 heterocycles. The van der Waals surface area contributed by atoms with Crippen LogP contribution in [0.3, 0.4) is 0 Å². The Balaban J connectivity index is 0.00000338. The van der Waals surface area contributed by atoms with Gasteiger partial charge in [0.25, 0.3) is 0 Å². The second kappa shape index (κ2) is 13.3. The summed E-state index contributed by atoms with van der Waals surface area (Å²) >= 11 is 0. The Morgan fingerprint density at radius 2 is 2.00 bits per heavy atom. The average Bonchev–Trinajstić information content (AvgIpc) is 3.11. The summed E-state index contributed by atoms with van der Waals surface area (Å²) in [5.41, 5.74) is 2.70. The number of rotatable bonds is 9. The van der Waals surface area contributed by atoms with Gasteiger partial charge >= 0.3 is 0 Å². The van der Waals surface area contributed by atoms with Crippen molar-refractivity contribution >= 4 is 29.9 Å². The first-order valence-corrected chi connectivity index (χ1v) is 9.45. The number of benzene rings is 1. The molecule has 26 heavy (non-hydrogen) atoms. The van der Waals surface area contributed by atoms with E-state index in [1.807, 2.05) is 0 Å². The molecule has 1 aromatic carbocycles. The summed E-state index contributed by atoms with van der Waals surface area (Å²) in [4.78, 5) is 7.25. The van der Waals surface area contributed by atoms with Gasteiger partial charge in [0.1, 0.15) is 0 Å². The van der Waals surface area contributed by atoms with Crippen LogP contribution < -0.4 is 5.32 Å². The smallest absolute Gasteiger partial charge is 0.194 e. The highest BCUT2D eigenvalue weighted by Gasteiger charge is 2.24. The van der Waals surface area contributed by atoms with Gasteiger partial charge in [0.15, 0.2) is 5.96 Å². The van der Waals surface area contributed by atoms with Gasteiger partial charge in [-0.3, -0.25) is 0 Å². The van der Waals surface area contributed by atoms with Crippen molar-refractivity contribution in [3.8, 4) is 0 Å². The van der Waals surface area contributed by atoms with Gasteiger partial charge < -0.3 is 19.7 Å². The van der Waals surface area contributed by atoms with Gasteiger partial charge in [0, 0.05) is 32.7 Å². The third kappa shape index (κ3) is 7.40. The first kappa shape index (κ1) is 23.2. The molecule has 1 aliphatic heterocycles. The van der Waals surface area contributed by atoms with Crippen molar-refractivity contribution in [1.82, 2.24) is 10.2 Å². The minimum absolute atomic E-state index is 0. The number of nitrogens with one attached hydrogen (secondary N) is 1. The monoisotopic (exact) mass is 475 g/mol. The van der Waals surface area contributed by atoms with Crippen molar-refractivity contribution in [2.45, 2.75) is 33.2 Å². The van der Waals surface area contributed by atoms with E-state index in [4.69, 9.17) is 14.5 Å². The summed E-state index contributed by atoms with van der Waals surface area (Å²) in [6, 6.07) is 8.58. The number of nitrogens with zero attached hydrogens (tertiary/aromatic N) is 2. The van der Waals surface area contributed by atoms with Crippen molar-refractivity contribution in [3.05, 3.63) is 35.4 Å². The molecule has 0 amide bonds. The van der Waals surface area contributed by atoms with Crippen LogP contribution in [0.4, 0.5) is 0 Å². The number of aryl methyl sites for hydroxylation is 1. The molecule has 0 bridgehead atoms. The normalized spacial score (nSPS) is 17.3. The molecular formula is C20H34IN3O2. The SMILES string of the molecule is CCNC(=NCc1ccccc1CC)N1CCC(COCCOC)C1.I. The second-order valence-electron chi connectivity index (χ2n) is 6.46. The molecule has 2 rings (SSSR count). The Kier molecular flexibility index (Phi) is 11.9. The third-order valence-corrected chi connectivity index (χ3v) is 4.60. The van der Waals surface area contributed by atoms with Crippen molar-refractivity contribution < 1.29 is 9.47 Å². The zero-order chi connectivity index (χ0) is 17.9. The first-order valence-electron chi connectivity index (χ1n) is 9.45. The van der Waals surface area contributed by atoms with E-state index in [0.29, 0.717) is 19.1 Å². The lowest BCUT2D eigenvalue weighted by atomic mass is 10.1. The Labute approximate surface area is 175 Å². The zero-order valence-electron chi connectivity index (χ0n) is 16.4. The molecule has 1 saturated heterocycles. The number of likely N-dealkylation sites (tertiary alicyclic amines) is 1. The Morgan fingerprint density at radius 3 is 2.69 bits per heavy atom. The second-order valence-corrected chi connectivity index (χ2v) is 6.46. The zero-order valence-corrected chi connectivity index (χ0v) is 18.7. The summed E-state index contributed by atoms with van der Waals surface area (Å²) in [6.07, 6.45) is 2.20. The van der Waals surface area contributed by atoms with Crippen LogP contribution in [0.25, 0.3) is 0 Å². The van der Waals surface area contributed by atoms with Gasteiger partial charge in [-0.05, 0) is 30.9 Å². The predicted molar refractivity (Wildman–Crippen MR) is 118 cm³/mol. The third-order valence-electron chi connectivity index (χ3n) is 4.60. The standard InChI is InChI=1S/C20H33N3O2.HI/c1-4-18-8-6-7-9-19(18)14-22-20(21-5-2)23-11-10-17(15-23)16-25-13-12-24-3;/h6-9,17H,4-5,10-16H2,1-3H3,(H,21,22);1H. The molecule has 1 aromatic rings. The first-order chi connectivity index (χ1) is 12.3. The van der Waals surface area contributed by atoms with E-state index in [1.165, 1.54) is 11.1 Å². The molecule has 1 aliphatic rings. The highest BCUT2D eigenvalue weighted by Crippen LogP contribution is 2.17. The van der Waals surface area contributed by atoms with Crippen LogP contribution in [0.1, 0.15) is 31.4 Å². The summed E-state index contributed by atoms with van der Waals surface area (Å²) in [5, 5.41) is 3.44. The highest BCUT2D eigenvalue weighted by atomic mass is 127. The van der Waals surface area contributed by atoms with Crippen LogP contribution >= 0.6 is 24.0 Å². The fraction of sp³-hybridized carbons (Fsp3) is 0.650. The molecule has 0 saturated carbocycles. The van der Waals surface area contributed by atoms with E-state index in [9.17, 15) is 0 Å². The molecule has 1 N–H and O–H groups in total. The van der Waals surface area contributed by atoms with Crippen LogP contribution in [0.5, 0.6) is 0 Å². The maximum absolute atomic E-state index is 5.69. The maximum atomic E-state index is 5.69. The summed E-state index contributed by atoms with van der Waals surface area (Å²) in [6.45, 7) is 10.1. The summed E-state index contributed by atoms with van der Waals surface area (Å²) < 4.78 is 10.7. The van der Waals surface area contributed by atoms with Crippen molar-refractivity contribution in [2.75, 3.05) is 46.6 Å².